The lowest BCUT2D eigenvalue weighted by Gasteiger charge is -2.47. The molecule has 2 aromatic carbocycles. The number of hydrogen-bond acceptors (Lipinski definition) is 9. The molecule has 2 aromatic heterocycles. The number of nitrogen functional groups attached to an aromatic ring is 1. The number of aromatic nitrogens is 2. The number of carboxylic acid groups (broad SMARTS) is 1. The number of nitrogens with one attached hydrogen (secondary N) is 1. The van der Waals surface area contributed by atoms with Gasteiger partial charge >= 0.3 is 6.09 Å². The van der Waals surface area contributed by atoms with E-state index in [0.29, 0.717) is 25.6 Å². The second kappa shape index (κ2) is 11.2. The van der Waals surface area contributed by atoms with Crippen molar-refractivity contribution in [3.63, 3.8) is 0 Å². The molecule has 0 spiro atoms. The largest absolute Gasteiger partial charge is 0.465 e. The van der Waals surface area contributed by atoms with Crippen molar-refractivity contribution in [2.75, 3.05) is 44.0 Å². The maximum Gasteiger partial charge on any atom is 0.407 e. The molecule has 4 aliphatic heterocycles. The minimum Gasteiger partial charge on any atom is -0.465 e. The number of benzene rings is 2. The van der Waals surface area contributed by atoms with Crippen molar-refractivity contribution in [3.8, 4) is 11.3 Å². The fourth-order valence-corrected chi connectivity index (χ4v) is 7.98. The van der Waals surface area contributed by atoms with Gasteiger partial charge in [0.25, 0.3) is 0 Å². The fraction of sp³-hybridized carbons (Fsp3) is 0.472. The van der Waals surface area contributed by atoms with Gasteiger partial charge < -0.3 is 40.1 Å². The van der Waals surface area contributed by atoms with Crippen molar-refractivity contribution < 1.29 is 28.9 Å². The van der Waals surface area contributed by atoms with Crippen LogP contribution in [0.4, 0.5) is 16.3 Å². The van der Waals surface area contributed by atoms with Crippen LogP contribution in [0.5, 0.6) is 0 Å². The van der Waals surface area contributed by atoms with Crippen LogP contribution in [0.2, 0.25) is 0 Å². The number of carbonyl (C=O) groups is 1. The average Bonchev–Trinajstić information content (AvgIpc) is 3.84. The molecule has 4 bridgehead atoms. The van der Waals surface area contributed by atoms with Gasteiger partial charge in [-0.25, -0.2) is 14.8 Å². The minimum absolute atomic E-state index is 0.0952. The Kier molecular flexibility index (Phi) is 7.49. The summed E-state index contributed by atoms with van der Waals surface area (Å²) in [6, 6.07) is 18.1. The lowest BCUT2D eigenvalue weighted by atomic mass is 9.62. The van der Waals surface area contributed by atoms with Crippen LogP contribution in [0.25, 0.3) is 22.1 Å². The number of hydrogen-bond donors (Lipinski definition) is 4. The molecule has 0 radical (unpaired) electrons. The van der Waals surface area contributed by atoms with Crippen molar-refractivity contribution in [1.82, 2.24) is 14.9 Å². The minimum atomic E-state index is -0.913. The van der Waals surface area contributed by atoms with Crippen LogP contribution in [0.1, 0.15) is 52.3 Å². The van der Waals surface area contributed by atoms with Gasteiger partial charge in [0.2, 0.25) is 5.89 Å². The van der Waals surface area contributed by atoms with Crippen molar-refractivity contribution >= 4 is 28.4 Å². The molecular formula is C36H43N5O6. The van der Waals surface area contributed by atoms with E-state index in [-0.39, 0.29) is 28.6 Å². The first-order valence-corrected chi connectivity index (χ1v) is 16.2. The van der Waals surface area contributed by atoms with E-state index in [2.05, 4.69) is 21.4 Å². The summed E-state index contributed by atoms with van der Waals surface area (Å²) in [6.45, 7) is 8.12. The van der Waals surface area contributed by atoms with Crippen molar-refractivity contribution in [2.24, 2.45) is 5.41 Å². The molecule has 47 heavy (non-hydrogen) atoms. The Labute approximate surface area is 274 Å². The van der Waals surface area contributed by atoms with Crippen molar-refractivity contribution in [2.45, 2.75) is 68.6 Å². The number of aliphatic hydroxyl groups is 1. The van der Waals surface area contributed by atoms with E-state index in [4.69, 9.17) is 19.6 Å². The molecular weight excluding hydrogens is 598 g/mol. The molecule has 11 nitrogen and oxygen atoms in total. The van der Waals surface area contributed by atoms with Crippen LogP contribution in [0, 0.1) is 5.41 Å². The van der Waals surface area contributed by atoms with E-state index < -0.39 is 11.6 Å². The normalized spacial score (nSPS) is 28.6. The highest BCUT2D eigenvalue weighted by molar-refractivity contribution is 5.99. The van der Waals surface area contributed by atoms with Crippen molar-refractivity contribution in [3.05, 3.63) is 72.9 Å². The van der Waals surface area contributed by atoms with E-state index in [1.807, 2.05) is 75.5 Å². The zero-order chi connectivity index (χ0) is 33.1. The maximum absolute atomic E-state index is 11.3. The highest BCUT2D eigenvalue weighted by atomic mass is 16.5. The molecule has 2 saturated carbocycles. The summed E-state index contributed by atoms with van der Waals surface area (Å²) in [5.74, 6) is 2.15. The number of ether oxygens (including phenoxy) is 2. The molecule has 5 N–H and O–H groups in total. The van der Waals surface area contributed by atoms with Crippen LogP contribution in [-0.4, -0.2) is 80.8 Å². The van der Waals surface area contributed by atoms with Gasteiger partial charge in [-0.3, -0.25) is 0 Å². The van der Waals surface area contributed by atoms with Gasteiger partial charge in [-0.1, -0.05) is 42.5 Å². The Morgan fingerprint density at radius 1 is 0.957 bits per heavy atom. The summed E-state index contributed by atoms with van der Waals surface area (Å²) >= 11 is 0. The summed E-state index contributed by atoms with van der Waals surface area (Å²) in [5, 5.41) is 24.1. The van der Waals surface area contributed by atoms with Crippen LogP contribution in [0.15, 0.2) is 71.4 Å². The monoisotopic (exact) mass is 641 g/mol. The van der Waals surface area contributed by atoms with Crippen LogP contribution in [0.3, 0.4) is 0 Å². The molecule has 2 aliphatic carbocycles. The summed E-state index contributed by atoms with van der Waals surface area (Å²) in [5.41, 5.74) is 6.95. The third-order valence-electron chi connectivity index (χ3n) is 10.3. The van der Waals surface area contributed by atoms with Crippen LogP contribution >= 0.6 is 0 Å². The maximum atomic E-state index is 11.3. The van der Waals surface area contributed by atoms with E-state index in [0.717, 1.165) is 65.9 Å². The summed E-state index contributed by atoms with van der Waals surface area (Å²) < 4.78 is 18.1. The van der Waals surface area contributed by atoms with Gasteiger partial charge in [0.1, 0.15) is 5.82 Å². The Hall–Kier alpha value is -4.19. The second-order valence-corrected chi connectivity index (χ2v) is 15.0. The molecule has 248 valence electrons. The fourth-order valence-electron chi connectivity index (χ4n) is 7.98. The van der Waals surface area contributed by atoms with Gasteiger partial charge in [0, 0.05) is 45.7 Å². The van der Waals surface area contributed by atoms with Crippen molar-refractivity contribution in [1.29, 1.82) is 0 Å². The topological polar surface area (TPSA) is 156 Å². The predicted octanol–water partition coefficient (Wildman–Crippen LogP) is 5.69. The number of fused-ring (bicyclic) bond motifs is 3. The lowest BCUT2D eigenvalue weighted by Crippen LogP contribution is -2.57. The number of nitrogens with two attached hydrogens (primary N) is 1. The molecule has 10 rings (SSSR count). The third kappa shape index (κ3) is 5.60. The number of nitrogens with zero attached hydrogens (tertiary/aromatic N) is 3. The Bertz CT molecular complexity index is 1770. The van der Waals surface area contributed by atoms with Gasteiger partial charge in [-0.2, -0.15) is 0 Å². The molecule has 6 heterocycles. The number of anilines is 2. The average molecular weight is 642 g/mol. The number of amides is 1. The summed E-state index contributed by atoms with van der Waals surface area (Å²) in [7, 11) is 0. The van der Waals surface area contributed by atoms with E-state index >= 15 is 0 Å². The zero-order valence-electron chi connectivity index (χ0n) is 27.2. The third-order valence-corrected chi connectivity index (χ3v) is 10.3. The number of rotatable bonds is 8. The van der Waals surface area contributed by atoms with Crippen LogP contribution in [-0.2, 0) is 14.9 Å². The highest BCUT2D eigenvalue weighted by Gasteiger charge is 2.65. The molecule has 0 atom stereocenters. The first-order valence-electron chi connectivity index (χ1n) is 16.2. The van der Waals surface area contributed by atoms with Gasteiger partial charge in [0.15, 0.2) is 5.76 Å². The van der Waals surface area contributed by atoms with Gasteiger partial charge in [-0.05, 0) is 58.6 Å². The number of oxazole rings is 1. The van der Waals surface area contributed by atoms with Gasteiger partial charge in [0.05, 0.1) is 49.2 Å². The highest BCUT2D eigenvalue weighted by Crippen LogP contribution is 2.59. The molecule has 0 unspecified atom stereocenters. The van der Waals surface area contributed by atoms with Gasteiger partial charge in [-0.15, -0.1) is 0 Å². The SMILES string of the molecule is CC(C)(C)N(CC12CC(CO)(CO1)C2)C(=O)O.Nc1nccc2c(NCC34CC(c5ncc(-c6ccccc6)o5)(CO3)C4)cccc12. The molecule has 4 saturated heterocycles. The van der Waals surface area contributed by atoms with E-state index in [1.165, 1.54) is 4.90 Å². The first kappa shape index (κ1) is 31.4. The smallest absolute Gasteiger partial charge is 0.407 e. The Morgan fingerprint density at radius 2 is 1.70 bits per heavy atom. The van der Waals surface area contributed by atoms with E-state index in [9.17, 15) is 15.0 Å². The molecule has 6 aliphatic rings. The number of pyridine rings is 1. The Balaban J connectivity index is 0.000000176. The zero-order valence-corrected chi connectivity index (χ0v) is 27.2. The lowest BCUT2D eigenvalue weighted by molar-refractivity contribution is -0.0618. The predicted molar refractivity (Wildman–Crippen MR) is 178 cm³/mol. The molecule has 1 amide bonds. The first-order chi connectivity index (χ1) is 22.4. The quantitative estimate of drug-likeness (QED) is 0.188. The summed E-state index contributed by atoms with van der Waals surface area (Å²) in [6.07, 6.45) is 6.03. The second-order valence-electron chi connectivity index (χ2n) is 15.0. The molecule has 6 fully saturated rings. The van der Waals surface area contributed by atoms with Crippen LogP contribution < -0.4 is 11.1 Å². The summed E-state index contributed by atoms with van der Waals surface area (Å²) in [4.78, 5) is 21.5. The van der Waals surface area contributed by atoms with E-state index in [1.54, 1.807) is 6.20 Å². The molecule has 11 heteroatoms. The standard InChI is InChI=1S/C24H22N4O2.C12H21NO4/c25-21-18-7-4-8-19(17(18)9-10-26-21)28-14-24-12-23(13-24,15-29-24)22-27-11-20(30-22)16-5-2-1-3-6-16;1-10(2,3)13(9(15)16)6-12-4-11(5-12,7-14)8-17-12/h1-11,28H,12-15H2,(H2,25,26);14H,4-8H2,1-3H3,(H,15,16). The Morgan fingerprint density at radius 3 is 2.38 bits per heavy atom. The molecule has 4 aromatic rings. The number of aliphatic hydroxyl groups excluding tert-OH is 1.